The third-order valence-electron chi connectivity index (χ3n) is 2.77. The molecule has 22 heavy (non-hydrogen) atoms. The molecule has 2 aromatic heterocycles. The Morgan fingerprint density at radius 2 is 2.05 bits per heavy atom. The molecule has 2 heterocycles. The van der Waals surface area contributed by atoms with Crippen molar-refractivity contribution in [2.45, 2.75) is 13.3 Å². The Kier molecular flexibility index (Phi) is 10.2. The Labute approximate surface area is 142 Å². The fourth-order valence-corrected chi connectivity index (χ4v) is 1.74. The van der Waals surface area contributed by atoms with Crippen molar-refractivity contribution >= 4 is 30.7 Å². The standard InChI is InChI=1S/C14H19N5O.2ClH/c1-2-5-15-7-8-17-14(20)12-9-18-19(11-12)13-4-3-6-16-10-13;;/h3-4,6,9-11,15H,2,5,7-8H2,1H3,(H,17,20);2*1H. The van der Waals surface area contributed by atoms with Gasteiger partial charge in [-0.1, -0.05) is 6.92 Å². The average molecular weight is 346 g/mol. The van der Waals surface area contributed by atoms with Gasteiger partial charge < -0.3 is 10.6 Å². The summed E-state index contributed by atoms with van der Waals surface area (Å²) in [5.74, 6) is -0.113. The van der Waals surface area contributed by atoms with Crippen LogP contribution in [-0.2, 0) is 0 Å². The zero-order valence-corrected chi connectivity index (χ0v) is 14.0. The third-order valence-corrected chi connectivity index (χ3v) is 2.77. The van der Waals surface area contributed by atoms with Crippen LogP contribution in [0.3, 0.4) is 0 Å². The molecule has 2 aromatic rings. The van der Waals surface area contributed by atoms with Gasteiger partial charge in [0.1, 0.15) is 0 Å². The number of carbonyl (C=O) groups is 1. The van der Waals surface area contributed by atoms with E-state index in [0.29, 0.717) is 12.1 Å². The maximum Gasteiger partial charge on any atom is 0.254 e. The summed E-state index contributed by atoms with van der Waals surface area (Å²) < 4.78 is 1.64. The van der Waals surface area contributed by atoms with Crippen molar-refractivity contribution in [3.63, 3.8) is 0 Å². The minimum Gasteiger partial charge on any atom is -0.351 e. The highest BCUT2D eigenvalue weighted by Crippen LogP contribution is 2.06. The van der Waals surface area contributed by atoms with Crippen molar-refractivity contribution in [1.29, 1.82) is 0 Å². The quantitative estimate of drug-likeness (QED) is 0.751. The van der Waals surface area contributed by atoms with Crippen LogP contribution >= 0.6 is 24.8 Å². The highest BCUT2D eigenvalue weighted by atomic mass is 35.5. The maximum absolute atomic E-state index is 11.9. The highest BCUT2D eigenvalue weighted by Gasteiger charge is 2.08. The zero-order valence-electron chi connectivity index (χ0n) is 12.4. The number of nitrogens with zero attached hydrogens (tertiary/aromatic N) is 3. The van der Waals surface area contributed by atoms with Gasteiger partial charge >= 0.3 is 0 Å². The zero-order chi connectivity index (χ0) is 14.2. The van der Waals surface area contributed by atoms with E-state index in [4.69, 9.17) is 0 Å². The van der Waals surface area contributed by atoms with E-state index in [2.05, 4.69) is 27.6 Å². The largest absolute Gasteiger partial charge is 0.351 e. The summed E-state index contributed by atoms with van der Waals surface area (Å²) in [6.45, 7) is 4.46. The predicted octanol–water partition coefficient (Wildman–Crippen LogP) is 1.84. The molecular weight excluding hydrogens is 325 g/mol. The van der Waals surface area contributed by atoms with E-state index < -0.39 is 0 Å². The SMILES string of the molecule is CCCNCCNC(=O)c1cnn(-c2cccnc2)c1.Cl.Cl. The fourth-order valence-electron chi connectivity index (χ4n) is 1.74. The molecular formula is C14H21Cl2N5O. The van der Waals surface area contributed by atoms with Gasteiger partial charge in [-0.3, -0.25) is 9.78 Å². The summed E-state index contributed by atoms with van der Waals surface area (Å²) in [7, 11) is 0. The average Bonchev–Trinajstić information content (AvgIpc) is 2.98. The molecule has 0 aliphatic carbocycles. The Morgan fingerprint density at radius 3 is 2.73 bits per heavy atom. The van der Waals surface area contributed by atoms with Crippen LogP contribution in [-0.4, -0.2) is 40.3 Å². The Bertz CT molecular complexity index is 547. The van der Waals surface area contributed by atoms with E-state index in [-0.39, 0.29) is 30.7 Å². The number of rotatable bonds is 7. The summed E-state index contributed by atoms with van der Waals surface area (Å²) in [6.07, 6.45) is 7.74. The van der Waals surface area contributed by atoms with Crippen LogP contribution < -0.4 is 10.6 Å². The molecule has 0 atom stereocenters. The molecule has 0 fully saturated rings. The lowest BCUT2D eigenvalue weighted by Crippen LogP contribution is -2.31. The Hall–Kier alpha value is -1.63. The molecule has 1 amide bonds. The van der Waals surface area contributed by atoms with Gasteiger partial charge in [0.2, 0.25) is 0 Å². The Balaban J connectivity index is 0.00000220. The van der Waals surface area contributed by atoms with E-state index in [1.54, 1.807) is 29.5 Å². The topological polar surface area (TPSA) is 71.8 Å². The Morgan fingerprint density at radius 1 is 1.23 bits per heavy atom. The van der Waals surface area contributed by atoms with Gasteiger partial charge in [-0.25, -0.2) is 4.68 Å². The minimum atomic E-state index is -0.113. The second-order valence-electron chi connectivity index (χ2n) is 4.39. The number of hydrogen-bond acceptors (Lipinski definition) is 4. The lowest BCUT2D eigenvalue weighted by atomic mass is 10.3. The first kappa shape index (κ1) is 20.4. The normalized spacial score (nSPS) is 9.50. The fraction of sp³-hybridized carbons (Fsp3) is 0.357. The molecule has 0 bridgehead atoms. The van der Waals surface area contributed by atoms with Crippen molar-refractivity contribution < 1.29 is 4.79 Å². The summed E-state index contributed by atoms with van der Waals surface area (Å²) >= 11 is 0. The van der Waals surface area contributed by atoms with E-state index in [9.17, 15) is 4.79 Å². The van der Waals surface area contributed by atoms with E-state index >= 15 is 0 Å². The molecule has 0 aliphatic heterocycles. The van der Waals surface area contributed by atoms with Crippen LogP contribution in [0.5, 0.6) is 0 Å². The van der Waals surface area contributed by atoms with E-state index in [1.165, 1.54) is 0 Å². The number of aromatic nitrogens is 3. The predicted molar refractivity (Wildman–Crippen MR) is 91.3 cm³/mol. The molecule has 0 unspecified atom stereocenters. The van der Waals surface area contributed by atoms with Crippen molar-refractivity contribution in [2.75, 3.05) is 19.6 Å². The molecule has 8 heteroatoms. The lowest BCUT2D eigenvalue weighted by molar-refractivity contribution is 0.0954. The molecule has 122 valence electrons. The van der Waals surface area contributed by atoms with Gasteiger partial charge in [0.25, 0.3) is 5.91 Å². The van der Waals surface area contributed by atoms with Crippen molar-refractivity contribution in [2.24, 2.45) is 0 Å². The first-order valence-corrected chi connectivity index (χ1v) is 6.75. The molecule has 0 saturated carbocycles. The maximum atomic E-state index is 11.9. The molecule has 0 aromatic carbocycles. The second kappa shape index (κ2) is 11.0. The number of nitrogens with one attached hydrogen (secondary N) is 2. The first-order chi connectivity index (χ1) is 9.81. The van der Waals surface area contributed by atoms with Gasteiger partial charge in [-0.2, -0.15) is 5.10 Å². The summed E-state index contributed by atoms with van der Waals surface area (Å²) in [5, 5.41) is 10.2. The van der Waals surface area contributed by atoms with E-state index in [0.717, 1.165) is 25.2 Å². The first-order valence-electron chi connectivity index (χ1n) is 6.75. The molecule has 2 N–H and O–H groups in total. The van der Waals surface area contributed by atoms with Gasteiger partial charge in [0.15, 0.2) is 0 Å². The minimum absolute atomic E-state index is 0. The van der Waals surface area contributed by atoms with Gasteiger partial charge in [-0.05, 0) is 25.1 Å². The molecule has 0 spiro atoms. The smallest absolute Gasteiger partial charge is 0.254 e. The van der Waals surface area contributed by atoms with Gasteiger partial charge in [0, 0.05) is 25.5 Å². The second-order valence-corrected chi connectivity index (χ2v) is 4.39. The lowest BCUT2D eigenvalue weighted by Gasteiger charge is -2.04. The van der Waals surface area contributed by atoms with Crippen LogP contribution in [0.2, 0.25) is 0 Å². The van der Waals surface area contributed by atoms with Crippen molar-refractivity contribution in [1.82, 2.24) is 25.4 Å². The van der Waals surface area contributed by atoms with Crippen LogP contribution in [0.25, 0.3) is 5.69 Å². The van der Waals surface area contributed by atoms with E-state index in [1.807, 2.05) is 12.1 Å². The molecule has 0 saturated heterocycles. The molecule has 0 aliphatic rings. The summed E-state index contributed by atoms with van der Waals surface area (Å²) in [4.78, 5) is 15.9. The van der Waals surface area contributed by atoms with Crippen LogP contribution in [0.4, 0.5) is 0 Å². The summed E-state index contributed by atoms with van der Waals surface area (Å²) in [6, 6.07) is 3.71. The molecule has 2 rings (SSSR count). The van der Waals surface area contributed by atoms with Crippen LogP contribution in [0.15, 0.2) is 36.9 Å². The highest BCUT2D eigenvalue weighted by molar-refractivity contribution is 5.93. The number of pyridine rings is 1. The van der Waals surface area contributed by atoms with Crippen LogP contribution in [0.1, 0.15) is 23.7 Å². The van der Waals surface area contributed by atoms with Gasteiger partial charge in [-0.15, -0.1) is 24.8 Å². The van der Waals surface area contributed by atoms with Gasteiger partial charge in [0.05, 0.1) is 23.6 Å². The monoisotopic (exact) mass is 345 g/mol. The van der Waals surface area contributed by atoms with Crippen molar-refractivity contribution in [3.8, 4) is 5.69 Å². The molecule has 0 radical (unpaired) electrons. The number of hydrogen-bond donors (Lipinski definition) is 2. The third kappa shape index (κ3) is 6.01. The number of carbonyl (C=O) groups excluding carboxylic acids is 1. The summed E-state index contributed by atoms with van der Waals surface area (Å²) in [5.41, 5.74) is 1.38. The van der Waals surface area contributed by atoms with Crippen LogP contribution in [0, 0.1) is 0 Å². The molecule has 6 nitrogen and oxygen atoms in total. The van der Waals surface area contributed by atoms with Crippen molar-refractivity contribution in [3.05, 3.63) is 42.5 Å². The number of halogens is 2. The number of amides is 1.